The van der Waals surface area contributed by atoms with Crippen LogP contribution in [0.4, 0.5) is 5.69 Å². The van der Waals surface area contributed by atoms with E-state index in [1.807, 2.05) is 30.9 Å². The minimum absolute atomic E-state index is 0.574. The Hall–Kier alpha value is -1.60. The summed E-state index contributed by atoms with van der Waals surface area (Å²) in [7, 11) is 3.58. The fourth-order valence-electron chi connectivity index (χ4n) is 4.21. The van der Waals surface area contributed by atoms with Crippen molar-refractivity contribution in [2.24, 2.45) is 4.99 Å². The van der Waals surface area contributed by atoms with Gasteiger partial charge in [0, 0.05) is 56.8 Å². The maximum atomic E-state index is 5.25. The minimum Gasteiger partial charge on any atom is -0.497 e. The van der Waals surface area contributed by atoms with Crippen LogP contribution in [-0.4, -0.2) is 81.8 Å². The summed E-state index contributed by atoms with van der Waals surface area (Å²) in [6.07, 6.45) is 7.18. The molecular weight excluding hydrogens is 382 g/mol. The lowest BCUT2D eigenvalue weighted by Gasteiger charge is -2.36. The molecule has 0 radical (unpaired) electrons. The number of hydrogen-bond acceptors (Lipinski definition) is 5. The number of ether oxygens (including phenoxy) is 1. The number of benzene rings is 1. The summed E-state index contributed by atoms with van der Waals surface area (Å²) in [5.41, 5.74) is 1.29. The highest BCUT2D eigenvalue weighted by Gasteiger charge is 2.24. The van der Waals surface area contributed by atoms with Gasteiger partial charge in [-0.05, 0) is 62.7 Å². The van der Waals surface area contributed by atoms with Crippen LogP contribution in [0.1, 0.15) is 25.7 Å². The molecule has 1 heterocycles. The third kappa shape index (κ3) is 6.71. The first-order valence-corrected chi connectivity index (χ1v) is 12.1. The predicted molar refractivity (Wildman–Crippen MR) is 126 cm³/mol. The lowest BCUT2D eigenvalue weighted by atomic mass is 10.2. The second-order valence-electron chi connectivity index (χ2n) is 7.89. The zero-order valence-electron chi connectivity index (χ0n) is 18.2. The van der Waals surface area contributed by atoms with E-state index in [2.05, 4.69) is 43.8 Å². The lowest BCUT2D eigenvalue weighted by Crippen LogP contribution is -2.47. The van der Waals surface area contributed by atoms with Crippen molar-refractivity contribution in [1.29, 1.82) is 0 Å². The number of anilines is 1. The number of nitrogens with one attached hydrogen (secondary N) is 2. The fraction of sp³-hybridized carbons (Fsp3) is 0.682. The molecule has 2 atom stereocenters. The van der Waals surface area contributed by atoms with E-state index in [0.29, 0.717) is 6.04 Å². The Kier molecular flexibility index (Phi) is 8.80. The molecular formula is C22H37N5OS. The molecule has 2 aliphatic rings. The van der Waals surface area contributed by atoms with E-state index in [4.69, 9.17) is 4.74 Å². The Morgan fingerprint density at radius 1 is 1.17 bits per heavy atom. The van der Waals surface area contributed by atoms with Crippen molar-refractivity contribution in [2.45, 2.75) is 37.0 Å². The molecule has 1 aliphatic carbocycles. The quantitative estimate of drug-likeness (QED) is 0.384. The van der Waals surface area contributed by atoms with Crippen molar-refractivity contribution in [3.8, 4) is 5.75 Å². The molecule has 0 amide bonds. The normalized spacial score (nSPS) is 23.3. The monoisotopic (exact) mass is 419 g/mol. The molecule has 2 fully saturated rings. The van der Waals surface area contributed by atoms with Crippen LogP contribution >= 0.6 is 11.8 Å². The van der Waals surface area contributed by atoms with Crippen LogP contribution in [-0.2, 0) is 0 Å². The van der Waals surface area contributed by atoms with Gasteiger partial charge >= 0.3 is 0 Å². The van der Waals surface area contributed by atoms with E-state index in [-0.39, 0.29) is 0 Å². The van der Waals surface area contributed by atoms with Gasteiger partial charge in [-0.25, -0.2) is 0 Å². The van der Waals surface area contributed by atoms with Gasteiger partial charge in [0.05, 0.1) is 7.11 Å². The van der Waals surface area contributed by atoms with Gasteiger partial charge in [-0.2, -0.15) is 11.8 Å². The van der Waals surface area contributed by atoms with Crippen molar-refractivity contribution >= 4 is 23.4 Å². The average Bonchev–Trinajstić information content (AvgIpc) is 3.24. The van der Waals surface area contributed by atoms with Gasteiger partial charge in [-0.3, -0.25) is 9.89 Å². The van der Waals surface area contributed by atoms with Gasteiger partial charge in [0.25, 0.3) is 0 Å². The molecule has 1 saturated heterocycles. The standard InChI is InChI=1S/C22H37N5OS/c1-23-22(25-18-5-10-21(17-18)29-3)24-11-4-12-26-13-15-27(16-14-26)19-6-8-20(28-2)9-7-19/h6-9,18,21H,4-5,10-17H2,1-3H3,(H2,23,24,25). The molecule has 1 aliphatic heterocycles. The second kappa shape index (κ2) is 11.6. The SMILES string of the molecule is CN=C(NCCCN1CCN(c2ccc(OC)cc2)CC1)NC1CCC(SC)C1. The van der Waals surface area contributed by atoms with Crippen LogP contribution in [0.3, 0.4) is 0 Å². The molecule has 7 heteroatoms. The highest BCUT2D eigenvalue weighted by molar-refractivity contribution is 7.99. The summed E-state index contributed by atoms with van der Waals surface area (Å²) in [6.45, 7) is 6.52. The minimum atomic E-state index is 0.574. The Morgan fingerprint density at radius 2 is 1.93 bits per heavy atom. The molecule has 0 bridgehead atoms. The topological polar surface area (TPSA) is 52.1 Å². The molecule has 1 aromatic rings. The maximum Gasteiger partial charge on any atom is 0.191 e. The smallest absolute Gasteiger partial charge is 0.191 e. The van der Waals surface area contributed by atoms with Crippen LogP contribution in [0.15, 0.2) is 29.3 Å². The van der Waals surface area contributed by atoms with Gasteiger partial charge in [0.1, 0.15) is 5.75 Å². The fourth-order valence-corrected chi connectivity index (χ4v) is 5.00. The Labute approximate surface area is 180 Å². The zero-order chi connectivity index (χ0) is 20.5. The van der Waals surface area contributed by atoms with Crippen molar-refractivity contribution < 1.29 is 4.74 Å². The van der Waals surface area contributed by atoms with Crippen molar-refractivity contribution in [2.75, 3.05) is 64.6 Å². The van der Waals surface area contributed by atoms with Crippen LogP contribution in [0, 0.1) is 0 Å². The molecule has 1 saturated carbocycles. The first-order valence-electron chi connectivity index (χ1n) is 10.8. The molecule has 2 N–H and O–H groups in total. The first kappa shape index (κ1) is 22.1. The highest BCUT2D eigenvalue weighted by Crippen LogP contribution is 2.28. The number of rotatable bonds is 8. The van der Waals surface area contributed by atoms with Gasteiger partial charge in [0.15, 0.2) is 5.96 Å². The Morgan fingerprint density at radius 3 is 2.55 bits per heavy atom. The largest absolute Gasteiger partial charge is 0.497 e. The van der Waals surface area contributed by atoms with Gasteiger partial charge < -0.3 is 20.3 Å². The van der Waals surface area contributed by atoms with E-state index < -0.39 is 0 Å². The molecule has 162 valence electrons. The number of aliphatic imine (C=N–C) groups is 1. The predicted octanol–water partition coefficient (Wildman–Crippen LogP) is 2.66. The Balaban J connectivity index is 1.30. The van der Waals surface area contributed by atoms with Crippen molar-refractivity contribution in [1.82, 2.24) is 15.5 Å². The van der Waals surface area contributed by atoms with Gasteiger partial charge in [-0.15, -0.1) is 0 Å². The third-order valence-corrected chi connectivity index (χ3v) is 7.13. The molecule has 1 aromatic carbocycles. The lowest BCUT2D eigenvalue weighted by molar-refractivity contribution is 0.255. The summed E-state index contributed by atoms with van der Waals surface area (Å²) < 4.78 is 5.25. The number of guanidine groups is 1. The van der Waals surface area contributed by atoms with E-state index >= 15 is 0 Å². The number of thioether (sulfide) groups is 1. The number of piperazine rings is 1. The summed E-state index contributed by atoms with van der Waals surface area (Å²) >= 11 is 1.99. The van der Waals surface area contributed by atoms with E-state index in [0.717, 1.165) is 62.6 Å². The second-order valence-corrected chi connectivity index (χ2v) is 9.03. The maximum absolute atomic E-state index is 5.25. The van der Waals surface area contributed by atoms with Crippen LogP contribution in [0.25, 0.3) is 0 Å². The molecule has 29 heavy (non-hydrogen) atoms. The van der Waals surface area contributed by atoms with Gasteiger partial charge in [0.2, 0.25) is 0 Å². The number of nitrogens with zero attached hydrogens (tertiary/aromatic N) is 3. The number of hydrogen-bond donors (Lipinski definition) is 2. The van der Waals surface area contributed by atoms with Crippen LogP contribution < -0.4 is 20.3 Å². The Bertz CT molecular complexity index is 631. The third-order valence-electron chi connectivity index (χ3n) is 6.04. The average molecular weight is 420 g/mol. The molecule has 2 unspecified atom stereocenters. The molecule has 6 nitrogen and oxygen atoms in total. The summed E-state index contributed by atoms with van der Waals surface area (Å²) in [4.78, 5) is 9.43. The van der Waals surface area contributed by atoms with Crippen LogP contribution in [0.5, 0.6) is 5.75 Å². The van der Waals surface area contributed by atoms with Crippen molar-refractivity contribution in [3.05, 3.63) is 24.3 Å². The summed E-state index contributed by atoms with van der Waals surface area (Å²) in [5.74, 6) is 1.88. The zero-order valence-corrected chi connectivity index (χ0v) is 19.0. The van der Waals surface area contributed by atoms with E-state index in [1.165, 1.54) is 24.9 Å². The van der Waals surface area contributed by atoms with Gasteiger partial charge in [-0.1, -0.05) is 0 Å². The summed E-state index contributed by atoms with van der Waals surface area (Å²) in [6, 6.07) is 8.97. The molecule has 0 spiro atoms. The highest BCUT2D eigenvalue weighted by atomic mass is 32.2. The summed E-state index contributed by atoms with van der Waals surface area (Å²) in [5, 5.41) is 7.90. The van der Waals surface area contributed by atoms with Crippen molar-refractivity contribution in [3.63, 3.8) is 0 Å². The van der Waals surface area contributed by atoms with E-state index in [1.54, 1.807) is 7.11 Å². The van der Waals surface area contributed by atoms with E-state index in [9.17, 15) is 0 Å². The molecule has 0 aromatic heterocycles. The number of methoxy groups -OCH3 is 1. The first-order chi connectivity index (χ1) is 14.2. The van der Waals surface area contributed by atoms with Crippen LogP contribution in [0.2, 0.25) is 0 Å². The molecule has 3 rings (SSSR count).